The van der Waals surface area contributed by atoms with E-state index in [1.54, 1.807) is 7.05 Å². The number of ether oxygens (including phenoxy) is 1. The minimum Gasteiger partial charge on any atom is -0.460 e. The van der Waals surface area contributed by atoms with E-state index in [2.05, 4.69) is 10.3 Å². The normalized spacial score (nSPS) is 27.3. The summed E-state index contributed by atoms with van der Waals surface area (Å²) in [7, 11) is -1.16. The van der Waals surface area contributed by atoms with Crippen LogP contribution in [-0.2, 0) is 19.4 Å². The lowest BCUT2D eigenvalue weighted by atomic mass is 10.1. The number of likely N-dealkylation sites (tertiary alicyclic amines) is 1. The van der Waals surface area contributed by atoms with E-state index in [1.165, 1.54) is 0 Å². The van der Waals surface area contributed by atoms with Gasteiger partial charge in [0.1, 0.15) is 5.60 Å². The molecule has 2 atom stereocenters. The first-order valence-electron chi connectivity index (χ1n) is 8.48. The molecule has 2 aliphatic rings. The number of rotatable bonds is 3. The van der Waals surface area contributed by atoms with Crippen molar-refractivity contribution >= 4 is 21.8 Å². The Morgan fingerprint density at radius 1 is 1.33 bits per heavy atom. The van der Waals surface area contributed by atoms with Gasteiger partial charge in [0.2, 0.25) is 0 Å². The molecule has 1 N–H and O–H groups in total. The highest BCUT2D eigenvalue weighted by Crippen LogP contribution is 2.21. The van der Waals surface area contributed by atoms with E-state index >= 15 is 0 Å². The molecule has 2 heterocycles. The number of hydrogen-bond donors (Lipinski definition) is 1. The van der Waals surface area contributed by atoms with Gasteiger partial charge in [-0.1, -0.05) is 0 Å². The molecule has 2 aliphatic heterocycles. The van der Waals surface area contributed by atoms with Crippen molar-refractivity contribution in [1.29, 1.82) is 0 Å². The van der Waals surface area contributed by atoms with Crippen LogP contribution in [0.3, 0.4) is 0 Å². The Labute approximate surface area is 144 Å². The van der Waals surface area contributed by atoms with Gasteiger partial charge in [-0.2, -0.15) is 0 Å². The molecular formula is C16H29N3O4S. The molecule has 0 aromatic heterocycles. The second kappa shape index (κ2) is 7.29. The quantitative estimate of drug-likeness (QED) is 0.452. The third-order valence-electron chi connectivity index (χ3n) is 4.32. The first-order chi connectivity index (χ1) is 11.1. The van der Waals surface area contributed by atoms with E-state index in [0.717, 1.165) is 18.9 Å². The first-order valence-corrected chi connectivity index (χ1v) is 10.3. The molecule has 2 rings (SSSR count). The molecule has 8 heteroatoms. The molecule has 0 aliphatic carbocycles. The maximum Gasteiger partial charge on any atom is 0.311 e. The molecule has 0 amide bonds. The zero-order valence-corrected chi connectivity index (χ0v) is 15.9. The van der Waals surface area contributed by atoms with Gasteiger partial charge in [0.25, 0.3) is 0 Å². The molecule has 0 bridgehead atoms. The van der Waals surface area contributed by atoms with Crippen molar-refractivity contribution in [2.24, 2.45) is 16.8 Å². The van der Waals surface area contributed by atoms with Crippen molar-refractivity contribution in [2.75, 3.05) is 38.2 Å². The lowest BCUT2D eigenvalue weighted by Crippen LogP contribution is -2.42. The van der Waals surface area contributed by atoms with E-state index in [0.29, 0.717) is 19.5 Å². The lowest BCUT2D eigenvalue weighted by Gasteiger charge is -2.24. The number of esters is 1. The number of aliphatic imine (C=N–C) groups is 1. The summed E-state index contributed by atoms with van der Waals surface area (Å²) in [5.41, 5.74) is -0.474. The van der Waals surface area contributed by atoms with E-state index in [1.807, 2.05) is 25.7 Å². The summed E-state index contributed by atoms with van der Waals surface area (Å²) in [6, 6.07) is 0. The van der Waals surface area contributed by atoms with Crippen LogP contribution in [0.1, 0.15) is 33.6 Å². The summed E-state index contributed by atoms with van der Waals surface area (Å²) in [6.07, 6.45) is 1.44. The molecule has 2 fully saturated rings. The van der Waals surface area contributed by atoms with Crippen LogP contribution in [0.5, 0.6) is 0 Å². The van der Waals surface area contributed by atoms with E-state index in [4.69, 9.17) is 4.74 Å². The molecule has 24 heavy (non-hydrogen) atoms. The summed E-state index contributed by atoms with van der Waals surface area (Å²) < 4.78 is 28.5. The van der Waals surface area contributed by atoms with Crippen LogP contribution in [0, 0.1) is 11.8 Å². The average molecular weight is 359 g/mol. The highest BCUT2D eigenvalue weighted by molar-refractivity contribution is 7.91. The van der Waals surface area contributed by atoms with E-state index in [9.17, 15) is 13.2 Å². The minimum atomic E-state index is -2.86. The Bertz CT molecular complexity index is 595. The average Bonchev–Trinajstić information content (AvgIpc) is 3.05. The van der Waals surface area contributed by atoms with Gasteiger partial charge in [0.15, 0.2) is 15.8 Å². The zero-order chi connectivity index (χ0) is 18.0. The third kappa shape index (κ3) is 5.36. The predicted molar refractivity (Wildman–Crippen MR) is 93.6 cm³/mol. The van der Waals surface area contributed by atoms with E-state index < -0.39 is 15.4 Å². The fourth-order valence-corrected chi connectivity index (χ4v) is 4.99. The van der Waals surface area contributed by atoms with Crippen LogP contribution in [0.15, 0.2) is 4.99 Å². The van der Waals surface area contributed by atoms with Crippen molar-refractivity contribution in [3.63, 3.8) is 0 Å². The highest BCUT2D eigenvalue weighted by Gasteiger charge is 2.34. The van der Waals surface area contributed by atoms with Crippen LogP contribution < -0.4 is 5.32 Å². The van der Waals surface area contributed by atoms with Crippen molar-refractivity contribution in [2.45, 2.75) is 39.2 Å². The minimum absolute atomic E-state index is 0.135. The SMILES string of the molecule is CN=C(NCC1CCS(=O)(=O)C1)N1CCC(C(=O)OC(C)(C)C)C1. The molecule has 0 aromatic carbocycles. The zero-order valence-electron chi connectivity index (χ0n) is 15.0. The Kier molecular flexibility index (Phi) is 5.78. The third-order valence-corrected chi connectivity index (χ3v) is 6.15. The first kappa shape index (κ1) is 19.0. The van der Waals surface area contributed by atoms with Crippen LogP contribution >= 0.6 is 0 Å². The van der Waals surface area contributed by atoms with Crippen molar-refractivity contribution in [1.82, 2.24) is 10.2 Å². The van der Waals surface area contributed by atoms with Crippen molar-refractivity contribution in [3.8, 4) is 0 Å². The van der Waals surface area contributed by atoms with Crippen LogP contribution in [0.25, 0.3) is 0 Å². The van der Waals surface area contributed by atoms with Gasteiger partial charge < -0.3 is 15.0 Å². The van der Waals surface area contributed by atoms with Gasteiger partial charge in [-0.25, -0.2) is 8.42 Å². The summed E-state index contributed by atoms with van der Waals surface area (Å²) >= 11 is 0. The number of carbonyl (C=O) groups excluding carboxylic acids is 1. The summed E-state index contributed by atoms with van der Waals surface area (Å²) in [6.45, 7) is 7.53. The number of nitrogens with one attached hydrogen (secondary N) is 1. The monoisotopic (exact) mass is 359 g/mol. The standard InChI is InChI=1S/C16H29N3O4S/c1-16(2,3)23-14(20)13-5-7-19(10-13)15(17-4)18-9-12-6-8-24(21,22)11-12/h12-13H,5-11H2,1-4H3,(H,17,18). The lowest BCUT2D eigenvalue weighted by molar-refractivity contribution is -0.159. The Morgan fingerprint density at radius 3 is 2.58 bits per heavy atom. The number of nitrogens with zero attached hydrogens (tertiary/aromatic N) is 2. The number of sulfone groups is 1. The van der Waals surface area contributed by atoms with Crippen LogP contribution in [0.2, 0.25) is 0 Å². The number of guanidine groups is 1. The van der Waals surface area contributed by atoms with Crippen LogP contribution in [-0.4, -0.2) is 69.0 Å². The van der Waals surface area contributed by atoms with Gasteiger partial charge in [0, 0.05) is 26.7 Å². The number of carbonyl (C=O) groups is 1. The van der Waals surface area contributed by atoms with Gasteiger partial charge >= 0.3 is 5.97 Å². The Hall–Kier alpha value is -1.31. The molecule has 7 nitrogen and oxygen atoms in total. The summed E-state index contributed by atoms with van der Waals surface area (Å²) in [5, 5.41) is 3.26. The second-order valence-electron chi connectivity index (χ2n) is 7.66. The van der Waals surface area contributed by atoms with Crippen LogP contribution in [0.4, 0.5) is 0 Å². The maximum atomic E-state index is 12.2. The van der Waals surface area contributed by atoms with Crippen molar-refractivity contribution < 1.29 is 17.9 Å². The fourth-order valence-electron chi connectivity index (χ4n) is 3.13. The van der Waals surface area contributed by atoms with Gasteiger partial charge in [-0.05, 0) is 39.5 Å². The smallest absolute Gasteiger partial charge is 0.311 e. The topological polar surface area (TPSA) is 88.1 Å². The molecule has 2 saturated heterocycles. The molecule has 138 valence electrons. The molecule has 2 unspecified atom stereocenters. The highest BCUT2D eigenvalue weighted by atomic mass is 32.2. The van der Waals surface area contributed by atoms with Crippen molar-refractivity contribution in [3.05, 3.63) is 0 Å². The molecule has 0 saturated carbocycles. The molecular weight excluding hydrogens is 330 g/mol. The summed E-state index contributed by atoms with van der Waals surface area (Å²) in [5.74, 6) is 1.08. The Balaban J connectivity index is 1.83. The summed E-state index contributed by atoms with van der Waals surface area (Å²) in [4.78, 5) is 18.5. The fraction of sp³-hybridized carbons (Fsp3) is 0.875. The molecule has 0 aromatic rings. The van der Waals surface area contributed by atoms with E-state index in [-0.39, 0.29) is 29.3 Å². The Morgan fingerprint density at radius 2 is 2.04 bits per heavy atom. The van der Waals surface area contributed by atoms with Gasteiger partial charge in [-0.3, -0.25) is 9.79 Å². The maximum absolute atomic E-state index is 12.2. The number of hydrogen-bond acceptors (Lipinski definition) is 5. The molecule has 0 radical (unpaired) electrons. The second-order valence-corrected chi connectivity index (χ2v) is 9.89. The largest absolute Gasteiger partial charge is 0.460 e. The molecule has 0 spiro atoms. The van der Waals surface area contributed by atoms with Gasteiger partial charge in [-0.15, -0.1) is 0 Å². The van der Waals surface area contributed by atoms with Gasteiger partial charge in [0.05, 0.1) is 17.4 Å². The predicted octanol–water partition coefficient (Wildman–Crippen LogP) is 0.660.